The lowest BCUT2D eigenvalue weighted by atomic mass is 10.1. The Hall–Kier alpha value is -1.01. The largest absolute Gasteiger partial charge is 0.414 e. The van der Waals surface area contributed by atoms with Crippen LogP contribution in [0.25, 0.3) is 0 Å². The van der Waals surface area contributed by atoms with Crippen molar-refractivity contribution >= 4 is 14.1 Å². The zero-order chi connectivity index (χ0) is 19.4. The van der Waals surface area contributed by atoms with Crippen molar-refractivity contribution in [2.24, 2.45) is 0 Å². The number of hydrogen-bond donors (Lipinski definition) is 1. The number of hydrogen-bond acceptors (Lipinski definition) is 4. The van der Waals surface area contributed by atoms with Crippen molar-refractivity contribution in [2.75, 3.05) is 6.61 Å². The lowest BCUT2D eigenvalue weighted by Crippen LogP contribution is -2.41. The summed E-state index contributed by atoms with van der Waals surface area (Å²) >= 11 is 0. The van der Waals surface area contributed by atoms with Crippen molar-refractivity contribution < 1.29 is 19.1 Å². The van der Waals surface area contributed by atoms with Gasteiger partial charge in [-0.25, -0.2) is 0 Å². The Labute approximate surface area is 160 Å². The predicted molar refractivity (Wildman–Crippen MR) is 109 cm³/mol. The third-order valence-electron chi connectivity index (χ3n) is 5.10. The summed E-state index contributed by atoms with van der Waals surface area (Å²) < 4.78 is 12.4. The molecule has 2 atom stereocenters. The molecule has 0 saturated heterocycles. The number of aliphatic hydroxyl groups is 1. The molecule has 0 aliphatic heterocycles. The van der Waals surface area contributed by atoms with Gasteiger partial charge in [0.25, 0.3) is 0 Å². The second kappa shape index (κ2) is 12.4. The molecule has 0 radical (unpaired) electrons. The Kier molecular flexibility index (Phi) is 11.0. The van der Waals surface area contributed by atoms with Crippen LogP contribution in [-0.4, -0.2) is 38.0 Å². The molecule has 0 aliphatic rings. The first-order valence-corrected chi connectivity index (χ1v) is 12.4. The van der Waals surface area contributed by atoms with Crippen LogP contribution in [0.2, 0.25) is 18.1 Å². The first-order chi connectivity index (χ1) is 12.4. The second-order valence-corrected chi connectivity index (χ2v) is 11.8. The highest BCUT2D eigenvalue weighted by Gasteiger charge is 2.32. The van der Waals surface area contributed by atoms with Gasteiger partial charge >= 0.3 is 0 Å². The molecule has 1 rings (SSSR count). The molecule has 0 spiro atoms. The van der Waals surface area contributed by atoms with Crippen molar-refractivity contribution in [3.63, 3.8) is 0 Å². The molecular formula is C21H36O4Si. The number of rotatable bonds is 14. The van der Waals surface area contributed by atoms with E-state index < -0.39 is 14.4 Å². The molecule has 4 nitrogen and oxygen atoms in total. The van der Waals surface area contributed by atoms with Gasteiger partial charge in [0.2, 0.25) is 0 Å². The van der Waals surface area contributed by atoms with E-state index in [1.165, 1.54) is 6.92 Å². The maximum absolute atomic E-state index is 11.3. The van der Waals surface area contributed by atoms with E-state index in [0.29, 0.717) is 19.6 Å². The van der Waals surface area contributed by atoms with Crippen LogP contribution in [0.5, 0.6) is 0 Å². The van der Waals surface area contributed by atoms with Crippen molar-refractivity contribution in [1.82, 2.24) is 0 Å². The van der Waals surface area contributed by atoms with Crippen molar-refractivity contribution in [3.8, 4) is 0 Å². The van der Waals surface area contributed by atoms with Crippen LogP contribution in [0.1, 0.15) is 52.5 Å². The van der Waals surface area contributed by atoms with E-state index in [-0.39, 0.29) is 18.3 Å². The van der Waals surface area contributed by atoms with Crippen LogP contribution in [0, 0.1) is 0 Å². The van der Waals surface area contributed by atoms with E-state index in [4.69, 9.17) is 9.16 Å². The van der Waals surface area contributed by atoms with E-state index >= 15 is 0 Å². The van der Waals surface area contributed by atoms with Crippen molar-refractivity contribution in [1.29, 1.82) is 0 Å². The minimum atomic E-state index is -1.76. The summed E-state index contributed by atoms with van der Waals surface area (Å²) in [5.41, 5.74) is 1.15. The van der Waals surface area contributed by atoms with Crippen LogP contribution in [0.15, 0.2) is 30.3 Å². The van der Waals surface area contributed by atoms with E-state index in [1.54, 1.807) is 0 Å². The number of carbonyl (C=O) groups excluding carboxylic acids is 1. The van der Waals surface area contributed by atoms with Crippen LogP contribution >= 0.6 is 0 Å². The highest BCUT2D eigenvalue weighted by Crippen LogP contribution is 2.26. The molecule has 26 heavy (non-hydrogen) atoms. The molecular weight excluding hydrogens is 344 g/mol. The van der Waals surface area contributed by atoms with Gasteiger partial charge in [-0.1, -0.05) is 51.1 Å². The summed E-state index contributed by atoms with van der Waals surface area (Å²) in [7, 11) is -1.76. The monoisotopic (exact) mass is 380 g/mol. The minimum Gasteiger partial charge on any atom is -0.414 e. The van der Waals surface area contributed by atoms with E-state index in [1.807, 2.05) is 30.3 Å². The van der Waals surface area contributed by atoms with Gasteiger partial charge in [0.1, 0.15) is 5.78 Å². The van der Waals surface area contributed by atoms with Crippen LogP contribution in [0.4, 0.5) is 0 Å². The number of carbonyl (C=O) groups is 1. The molecule has 0 fully saturated rings. The van der Waals surface area contributed by atoms with Crippen LogP contribution in [0.3, 0.4) is 0 Å². The number of benzene rings is 1. The summed E-state index contributed by atoms with van der Waals surface area (Å²) in [5.74, 6) is 0.0153. The van der Waals surface area contributed by atoms with Gasteiger partial charge in [-0.2, -0.15) is 0 Å². The molecule has 0 amide bonds. The zero-order valence-electron chi connectivity index (χ0n) is 16.9. The Morgan fingerprint density at radius 3 is 2.27 bits per heavy atom. The second-order valence-electron chi connectivity index (χ2n) is 7.11. The van der Waals surface area contributed by atoms with Gasteiger partial charge in [-0.15, -0.1) is 0 Å². The molecule has 1 aromatic carbocycles. The Bertz CT molecular complexity index is 494. The normalized spacial score (nSPS) is 14.2. The average Bonchev–Trinajstić information content (AvgIpc) is 2.63. The van der Waals surface area contributed by atoms with Gasteiger partial charge in [0.15, 0.2) is 8.32 Å². The highest BCUT2D eigenvalue weighted by molar-refractivity contribution is 6.73. The minimum absolute atomic E-state index is 0.0153. The Morgan fingerprint density at radius 1 is 1.12 bits per heavy atom. The maximum Gasteiger partial charge on any atom is 0.192 e. The lowest BCUT2D eigenvalue weighted by Gasteiger charge is -2.34. The molecule has 0 saturated carbocycles. The highest BCUT2D eigenvalue weighted by atomic mass is 28.4. The molecule has 0 unspecified atom stereocenters. The molecule has 1 N–H and O–H groups in total. The quantitative estimate of drug-likeness (QED) is 0.375. The van der Waals surface area contributed by atoms with Gasteiger partial charge in [-0.05, 0) is 43.5 Å². The summed E-state index contributed by atoms with van der Waals surface area (Å²) in [4.78, 5) is 11.3. The summed E-state index contributed by atoms with van der Waals surface area (Å²) in [6, 6.07) is 13.3. The number of Topliss-reactive ketones (excluding diaryl/α,β-unsaturated/α-hetero) is 1. The molecule has 0 aliphatic carbocycles. The standard InChI is InChI=1S/C21H36O4Si/c1-5-26(6-2,7-3)25-21(16-20(23)15-18(4)22)13-14-24-17-19-11-9-8-10-12-19/h8-12,20-21,23H,5-7,13-17H2,1-4H3/t20-,21+/m1/s1. The zero-order valence-corrected chi connectivity index (χ0v) is 17.9. The topological polar surface area (TPSA) is 55.8 Å². The summed E-state index contributed by atoms with van der Waals surface area (Å²) in [6.07, 6.45) is 0.763. The van der Waals surface area contributed by atoms with Gasteiger partial charge in [-0.3, -0.25) is 4.79 Å². The molecule has 0 bridgehead atoms. The van der Waals surface area contributed by atoms with Crippen molar-refractivity contribution in [3.05, 3.63) is 35.9 Å². The molecule has 0 heterocycles. The third kappa shape index (κ3) is 8.58. The number of aliphatic hydroxyl groups excluding tert-OH is 1. The molecule has 0 aromatic heterocycles. The number of ether oxygens (including phenoxy) is 1. The first kappa shape index (κ1) is 23.0. The summed E-state index contributed by atoms with van der Waals surface area (Å²) in [6.45, 7) is 9.30. The van der Waals surface area contributed by atoms with Gasteiger partial charge in [0, 0.05) is 19.1 Å². The Morgan fingerprint density at radius 2 is 1.73 bits per heavy atom. The van der Waals surface area contributed by atoms with E-state index in [0.717, 1.165) is 30.1 Å². The van der Waals surface area contributed by atoms with Gasteiger partial charge < -0.3 is 14.3 Å². The average molecular weight is 381 g/mol. The van der Waals surface area contributed by atoms with Crippen LogP contribution in [-0.2, 0) is 20.6 Å². The van der Waals surface area contributed by atoms with Crippen LogP contribution < -0.4 is 0 Å². The lowest BCUT2D eigenvalue weighted by molar-refractivity contribution is -0.119. The number of ketones is 1. The summed E-state index contributed by atoms with van der Waals surface area (Å²) in [5, 5.41) is 10.2. The fourth-order valence-electron chi connectivity index (χ4n) is 3.28. The molecule has 148 valence electrons. The fraction of sp³-hybridized carbons (Fsp3) is 0.667. The SMILES string of the molecule is CC[Si](CC)(CC)O[C@@H](CCOCc1ccccc1)C[C@H](O)CC(C)=O. The third-order valence-corrected chi connectivity index (χ3v) is 9.80. The Balaban J connectivity index is 2.59. The van der Waals surface area contributed by atoms with Gasteiger partial charge in [0.05, 0.1) is 12.7 Å². The smallest absolute Gasteiger partial charge is 0.192 e. The molecule has 1 aromatic rings. The first-order valence-electron chi connectivity index (χ1n) is 9.91. The van der Waals surface area contributed by atoms with Crippen molar-refractivity contribution in [2.45, 2.75) is 83.9 Å². The fourth-order valence-corrected chi connectivity index (χ4v) is 6.20. The van der Waals surface area contributed by atoms with E-state index in [2.05, 4.69) is 20.8 Å². The maximum atomic E-state index is 11.3. The predicted octanol–water partition coefficient (Wildman–Crippen LogP) is 4.71. The molecule has 5 heteroatoms. The van der Waals surface area contributed by atoms with E-state index in [9.17, 15) is 9.90 Å².